The second-order valence-corrected chi connectivity index (χ2v) is 4.77. The Morgan fingerprint density at radius 2 is 1.76 bits per heavy atom. The topological polar surface area (TPSA) is 52.8 Å². The number of nitrogens with zero attached hydrogens (tertiary/aromatic N) is 1. The van der Waals surface area contributed by atoms with Crippen molar-refractivity contribution in [1.29, 1.82) is 0 Å². The van der Waals surface area contributed by atoms with E-state index in [1.54, 1.807) is 0 Å². The summed E-state index contributed by atoms with van der Waals surface area (Å²) in [5, 5.41) is 22.7. The summed E-state index contributed by atoms with van der Waals surface area (Å²) in [5.41, 5.74) is -0.319. The van der Waals surface area contributed by atoms with E-state index in [0.717, 1.165) is 31.2 Å². The molecule has 1 fully saturated rings. The van der Waals surface area contributed by atoms with Crippen LogP contribution in [-0.2, 0) is 5.60 Å². The maximum atomic E-state index is 10.8. The van der Waals surface area contributed by atoms with E-state index >= 15 is 0 Å². The largest absolute Gasteiger partial charge is 0.411 e. The van der Waals surface area contributed by atoms with Crippen LogP contribution in [0.15, 0.2) is 35.5 Å². The zero-order valence-electron chi connectivity index (χ0n) is 9.92. The number of hydrogen-bond donors (Lipinski definition) is 2. The van der Waals surface area contributed by atoms with Crippen LogP contribution >= 0.6 is 0 Å². The molecule has 1 aliphatic rings. The van der Waals surface area contributed by atoms with Crippen molar-refractivity contribution >= 4 is 6.21 Å². The summed E-state index contributed by atoms with van der Waals surface area (Å²) in [5.74, 6) is 0.148. The second kappa shape index (κ2) is 5.32. The van der Waals surface area contributed by atoms with Crippen LogP contribution in [-0.4, -0.2) is 16.5 Å². The minimum absolute atomic E-state index is 0.148. The molecule has 0 spiro atoms. The molecule has 0 saturated heterocycles. The Balaban J connectivity index is 2.31. The third kappa shape index (κ3) is 2.50. The van der Waals surface area contributed by atoms with Gasteiger partial charge in [0.1, 0.15) is 5.60 Å². The van der Waals surface area contributed by atoms with Gasteiger partial charge in [-0.2, -0.15) is 0 Å². The molecule has 0 bridgehead atoms. The minimum Gasteiger partial charge on any atom is -0.411 e. The maximum Gasteiger partial charge on any atom is 0.131 e. The number of rotatable bonds is 3. The molecule has 0 radical (unpaired) electrons. The molecular formula is C14H19NO2. The van der Waals surface area contributed by atoms with Gasteiger partial charge in [-0.05, 0) is 24.3 Å². The molecule has 92 valence electrons. The summed E-state index contributed by atoms with van der Waals surface area (Å²) < 4.78 is 0. The van der Waals surface area contributed by atoms with Crippen molar-refractivity contribution in [3.05, 3.63) is 35.9 Å². The Kier molecular flexibility index (Phi) is 3.79. The summed E-state index contributed by atoms with van der Waals surface area (Å²) in [4.78, 5) is 0. The van der Waals surface area contributed by atoms with Crippen LogP contribution in [0, 0.1) is 5.92 Å². The van der Waals surface area contributed by atoms with Crippen molar-refractivity contribution in [2.24, 2.45) is 11.1 Å². The summed E-state index contributed by atoms with van der Waals surface area (Å²) in [6.07, 6.45) is 6.75. The van der Waals surface area contributed by atoms with Crippen LogP contribution in [0.2, 0.25) is 0 Å². The van der Waals surface area contributed by atoms with Gasteiger partial charge < -0.3 is 10.3 Å². The molecule has 0 aliphatic heterocycles. The van der Waals surface area contributed by atoms with Crippen molar-refractivity contribution in [2.75, 3.05) is 0 Å². The van der Waals surface area contributed by atoms with E-state index in [2.05, 4.69) is 5.16 Å². The van der Waals surface area contributed by atoms with Crippen molar-refractivity contribution in [3.8, 4) is 0 Å². The van der Waals surface area contributed by atoms with Crippen LogP contribution in [0.3, 0.4) is 0 Å². The monoisotopic (exact) mass is 233 g/mol. The van der Waals surface area contributed by atoms with Crippen LogP contribution in [0.5, 0.6) is 0 Å². The first kappa shape index (κ1) is 12.1. The van der Waals surface area contributed by atoms with Crippen LogP contribution in [0.1, 0.15) is 37.7 Å². The Bertz CT molecular complexity index is 371. The van der Waals surface area contributed by atoms with Crippen molar-refractivity contribution in [1.82, 2.24) is 0 Å². The molecule has 3 heteroatoms. The average Bonchev–Trinajstić information content (AvgIpc) is 2.41. The predicted molar refractivity (Wildman–Crippen MR) is 67.2 cm³/mol. The fourth-order valence-electron chi connectivity index (χ4n) is 2.75. The summed E-state index contributed by atoms with van der Waals surface area (Å²) in [6.45, 7) is 0. The molecule has 1 aromatic carbocycles. The maximum absolute atomic E-state index is 10.8. The second-order valence-electron chi connectivity index (χ2n) is 4.77. The number of hydrogen-bond acceptors (Lipinski definition) is 3. The molecule has 1 aliphatic carbocycles. The predicted octanol–water partition coefficient (Wildman–Crippen LogP) is 2.91. The standard InChI is InChI=1S/C14H19NO2/c16-14(11-15-17,12-7-3-1-4-8-12)13-9-5-2-6-10-13/h1,3-4,7-8,11,13,16-17H,2,5-6,9-10H2. The van der Waals surface area contributed by atoms with Crippen molar-refractivity contribution < 1.29 is 10.3 Å². The van der Waals surface area contributed by atoms with E-state index in [0.29, 0.717) is 0 Å². The third-order valence-corrected chi connectivity index (χ3v) is 3.72. The molecule has 0 aromatic heterocycles. The van der Waals surface area contributed by atoms with E-state index in [1.807, 2.05) is 30.3 Å². The molecule has 1 saturated carbocycles. The average molecular weight is 233 g/mol. The lowest BCUT2D eigenvalue weighted by atomic mass is 9.74. The van der Waals surface area contributed by atoms with Gasteiger partial charge in [-0.25, -0.2) is 0 Å². The van der Waals surface area contributed by atoms with Crippen LogP contribution in [0.25, 0.3) is 0 Å². The highest BCUT2D eigenvalue weighted by atomic mass is 16.4. The van der Waals surface area contributed by atoms with E-state index in [1.165, 1.54) is 12.6 Å². The number of oxime groups is 1. The summed E-state index contributed by atoms with van der Waals surface area (Å²) >= 11 is 0. The van der Waals surface area contributed by atoms with E-state index in [-0.39, 0.29) is 5.92 Å². The first-order valence-electron chi connectivity index (χ1n) is 6.24. The van der Waals surface area contributed by atoms with Gasteiger partial charge in [0.05, 0.1) is 6.21 Å². The SMILES string of the molecule is ON=CC(O)(c1ccccc1)C1CCCCC1. The van der Waals surface area contributed by atoms with Crippen molar-refractivity contribution in [3.63, 3.8) is 0 Å². The highest BCUT2D eigenvalue weighted by molar-refractivity contribution is 5.71. The smallest absolute Gasteiger partial charge is 0.131 e. The zero-order valence-corrected chi connectivity index (χ0v) is 9.92. The van der Waals surface area contributed by atoms with Gasteiger partial charge in [0, 0.05) is 0 Å². The molecule has 3 nitrogen and oxygen atoms in total. The number of aliphatic hydroxyl groups is 1. The van der Waals surface area contributed by atoms with Gasteiger partial charge in [-0.15, -0.1) is 0 Å². The van der Waals surface area contributed by atoms with Crippen LogP contribution < -0.4 is 0 Å². The first-order valence-corrected chi connectivity index (χ1v) is 6.24. The minimum atomic E-state index is -1.13. The van der Waals surface area contributed by atoms with E-state index in [9.17, 15) is 5.11 Å². The quantitative estimate of drug-likeness (QED) is 0.479. The zero-order chi connectivity index (χ0) is 12.1. The third-order valence-electron chi connectivity index (χ3n) is 3.72. The van der Waals surface area contributed by atoms with Gasteiger partial charge in [-0.3, -0.25) is 0 Å². The van der Waals surface area contributed by atoms with Gasteiger partial charge in [0.25, 0.3) is 0 Å². The molecule has 1 aromatic rings. The summed E-state index contributed by atoms with van der Waals surface area (Å²) in [6, 6.07) is 9.48. The Hall–Kier alpha value is -1.35. The van der Waals surface area contributed by atoms with Gasteiger partial charge in [0.15, 0.2) is 0 Å². The van der Waals surface area contributed by atoms with Crippen LogP contribution in [0.4, 0.5) is 0 Å². The lowest BCUT2D eigenvalue weighted by Gasteiger charge is -2.35. The fourth-order valence-corrected chi connectivity index (χ4v) is 2.75. The highest BCUT2D eigenvalue weighted by Crippen LogP contribution is 2.38. The molecule has 0 amide bonds. The molecule has 2 N–H and O–H groups in total. The Morgan fingerprint density at radius 1 is 1.12 bits per heavy atom. The molecule has 1 unspecified atom stereocenters. The van der Waals surface area contributed by atoms with Gasteiger partial charge in [0.2, 0.25) is 0 Å². The normalized spacial score (nSPS) is 21.5. The lowest BCUT2D eigenvalue weighted by Crippen LogP contribution is -2.38. The van der Waals surface area contributed by atoms with Gasteiger partial charge >= 0.3 is 0 Å². The molecule has 0 heterocycles. The molecule has 2 rings (SSSR count). The fraction of sp³-hybridized carbons (Fsp3) is 0.500. The number of benzene rings is 1. The van der Waals surface area contributed by atoms with E-state index in [4.69, 9.17) is 5.21 Å². The van der Waals surface area contributed by atoms with E-state index < -0.39 is 5.60 Å². The Morgan fingerprint density at radius 3 is 2.35 bits per heavy atom. The summed E-state index contributed by atoms with van der Waals surface area (Å²) in [7, 11) is 0. The van der Waals surface area contributed by atoms with Gasteiger partial charge in [-0.1, -0.05) is 54.8 Å². The first-order chi connectivity index (χ1) is 8.27. The lowest BCUT2D eigenvalue weighted by molar-refractivity contribution is 0.0281. The molecule has 1 atom stereocenters. The molecule has 17 heavy (non-hydrogen) atoms. The highest BCUT2D eigenvalue weighted by Gasteiger charge is 2.37. The Labute approximate surface area is 102 Å². The molecular weight excluding hydrogens is 214 g/mol. The van der Waals surface area contributed by atoms with Crippen molar-refractivity contribution in [2.45, 2.75) is 37.7 Å².